The van der Waals surface area contributed by atoms with E-state index in [1.165, 1.54) is 12.2 Å². The summed E-state index contributed by atoms with van der Waals surface area (Å²) >= 11 is 1.97. The van der Waals surface area contributed by atoms with Crippen molar-refractivity contribution < 1.29 is 9.47 Å². The zero-order valence-electron chi connectivity index (χ0n) is 10.8. The van der Waals surface area contributed by atoms with Gasteiger partial charge in [0.15, 0.2) is 0 Å². The van der Waals surface area contributed by atoms with Crippen LogP contribution in [0.3, 0.4) is 0 Å². The second-order valence-corrected chi connectivity index (χ2v) is 5.49. The molecule has 0 radical (unpaired) electrons. The molecule has 4 nitrogen and oxygen atoms in total. The average molecular weight is 268 g/mol. The first-order valence-electron chi connectivity index (χ1n) is 6.06. The van der Waals surface area contributed by atoms with Gasteiger partial charge in [-0.05, 0) is 36.0 Å². The highest BCUT2D eigenvalue weighted by atomic mass is 32.2. The van der Waals surface area contributed by atoms with Gasteiger partial charge in [0.05, 0.1) is 25.8 Å². The Morgan fingerprint density at radius 1 is 1.33 bits per heavy atom. The first-order valence-corrected chi connectivity index (χ1v) is 7.22. The number of nitrogens with one attached hydrogen (secondary N) is 1. The summed E-state index contributed by atoms with van der Waals surface area (Å²) in [6.07, 6.45) is 1.17. The summed E-state index contributed by atoms with van der Waals surface area (Å²) in [7, 11) is 3.35. The van der Waals surface area contributed by atoms with Crippen molar-refractivity contribution in [3.05, 3.63) is 23.8 Å². The quantitative estimate of drug-likeness (QED) is 0.631. The molecular weight excluding hydrogens is 248 g/mol. The molecule has 5 heteroatoms. The molecule has 1 saturated heterocycles. The number of hydrazine groups is 1. The fraction of sp³-hybridized carbons (Fsp3) is 0.538. The van der Waals surface area contributed by atoms with Crippen molar-refractivity contribution >= 4 is 11.8 Å². The average Bonchev–Trinajstić information content (AvgIpc) is 2.93. The van der Waals surface area contributed by atoms with Gasteiger partial charge in [0.25, 0.3) is 0 Å². The molecule has 0 spiro atoms. The highest BCUT2D eigenvalue weighted by Gasteiger charge is 2.30. The molecule has 1 aliphatic rings. The minimum absolute atomic E-state index is 0.0751. The highest BCUT2D eigenvalue weighted by Crippen LogP contribution is 2.41. The zero-order chi connectivity index (χ0) is 13.0. The molecule has 100 valence electrons. The van der Waals surface area contributed by atoms with Gasteiger partial charge < -0.3 is 9.47 Å². The van der Waals surface area contributed by atoms with Crippen molar-refractivity contribution in [1.29, 1.82) is 0 Å². The van der Waals surface area contributed by atoms with E-state index >= 15 is 0 Å². The number of benzene rings is 1. The van der Waals surface area contributed by atoms with Gasteiger partial charge in [-0.25, -0.2) is 0 Å². The molecule has 0 bridgehead atoms. The molecule has 18 heavy (non-hydrogen) atoms. The van der Waals surface area contributed by atoms with E-state index in [9.17, 15) is 0 Å². The molecule has 2 rings (SSSR count). The van der Waals surface area contributed by atoms with Crippen LogP contribution >= 0.6 is 11.8 Å². The van der Waals surface area contributed by atoms with Gasteiger partial charge in [0, 0.05) is 0 Å². The summed E-state index contributed by atoms with van der Waals surface area (Å²) in [4.78, 5) is 0. The Labute approximate surface area is 112 Å². The Bertz CT molecular complexity index is 372. The summed E-state index contributed by atoms with van der Waals surface area (Å²) < 4.78 is 10.9. The molecule has 1 aromatic carbocycles. The van der Waals surface area contributed by atoms with Crippen LogP contribution in [0.5, 0.6) is 11.5 Å². The maximum Gasteiger partial charge on any atom is 0.127 e. The van der Waals surface area contributed by atoms with Gasteiger partial charge in [-0.15, -0.1) is 0 Å². The number of methoxy groups -OCH3 is 2. The van der Waals surface area contributed by atoms with E-state index in [1.54, 1.807) is 14.2 Å². The minimum atomic E-state index is 0.0751. The van der Waals surface area contributed by atoms with Crippen LogP contribution in [-0.2, 0) is 0 Å². The molecule has 0 aliphatic carbocycles. The number of ether oxygens (including phenoxy) is 2. The van der Waals surface area contributed by atoms with Crippen molar-refractivity contribution in [3.8, 4) is 11.5 Å². The molecule has 2 unspecified atom stereocenters. The molecule has 0 amide bonds. The van der Waals surface area contributed by atoms with E-state index < -0.39 is 0 Å². The highest BCUT2D eigenvalue weighted by molar-refractivity contribution is 7.99. The van der Waals surface area contributed by atoms with Gasteiger partial charge in [-0.3, -0.25) is 11.3 Å². The molecule has 1 aromatic rings. The minimum Gasteiger partial charge on any atom is -0.496 e. The molecule has 0 saturated carbocycles. The lowest BCUT2D eigenvalue weighted by atomic mass is 9.91. The van der Waals surface area contributed by atoms with Crippen LogP contribution < -0.4 is 20.7 Å². The van der Waals surface area contributed by atoms with Gasteiger partial charge in [-0.2, -0.15) is 11.8 Å². The van der Waals surface area contributed by atoms with Crippen LogP contribution in [0.25, 0.3) is 0 Å². The summed E-state index contributed by atoms with van der Waals surface area (Å²) in [5.41, 5.74) is 3.96. The predicted octanol–water partition coefficient (Wildman–Crippen LogP) is 1.96. The molecule has 2 atom stereocenters. The lowest BCUT2D eigenvalue weighted by Gasteiger charge is -2.26. The van der Waals surface area contributed by atoms with Crippen molar-refractivity contribution in [2.75, 3.05) is 25.7 Å². The van der Waals surface area contributed by atoms with Crippen LogP contribution in [0.4, 0.5) is 0 Å². The summed E-state index contributed by atoms with van der Waals surface area (Å²) in [5.74, 6) is 10.3. The maximum absolute atomic E-state index is 5.76. The van der Waals surface area contributed by atoms with Gasteiger partial charge in [0.1, 0.15) is 11.5 Å². The van der Waals surface area contributed by atoms with Crippen LogP contribution in [0.15, 0.2) is 18.2 Å². The predicted molar refractivity (Wildman–Crippen MR) is 75.0 cm³/mol. The Morgan fingerprint density at radius 3 is 2.44 bits per heavy atom. The van der Waals surface area contributed by atoms with E-state index in [0.717, 1.165) is 22.8 Å². The maximum atomic E-state index is 5.76. The third kappa shape index (κ3) is 2.58. The smallest absolute Gasteiger partial charge is 0.127 e. The fourth-order valence-electron chi connectivity index (χ4n) is 2.46. The number of rotatable bonds is 5. The monoisotopic (exact) mass is 268 g/mol. The SMILES string of the molecule is COc1cccc(OC)c1C(NN)C1CCSC1. The summed E-state index contributed by atoms with van der Waals surface area (Å²) in [6, 6.07) is 5.90. The summed E-state index contributed by atoms with van der Waals surface area (Å²) in [5, 5.41) is 0. The normalized spacial score (nSPS) is 20.7. The van der Waals surface area contributed by atoms with Crippen molar-refractivity contribution in [2.45, 2.75) is 12.5 Å². The first kappa shape index (κ1) is 13.5. The second-order valence-electron chi connectivity index (χ2n) is 4.34. The third-order valence-corrected chi connectivity index (χ3v) is 4.58. The molecule has 1 fully saturated rings. The standard InChI is InChI=1S/C13H20N2O2S/c1-16-10-4-3-5-11(17-2)12(10)13(15-14)9-6-7-18-8-9/h3-5,9,13,15H,6-8,14H2,1-2H3. The van der Waals surface area contributed by atoms with E-state index in [1.807, 2.05) is 30.0 Å². The van der Waals surface area contributed by atoms with E-state index in [2.05, 4.69) is 5.43 Å². The molecule has 1 aliphatic heterocycles. The number of hydrogen-bond acceptors (Lipinski definition) is 5. The van der Waals surface area contributed by atoms with Gasteiger partial charge in [0.2, 0.25) is 0 Å². The lowest BCUT2D eigenvalue weighted by molar-refractivity contribution is 0.339. The lowest BCUT2D eigenvalue weighted by Crippen LogP contribution is -2.34. The third-order valence-electron chi connectivity index (χ3n) is 3.39. The van der Waals surface area contributed by atoms with Crippen LogP contribution in [0, 0.1) is 5.92 Å². The van der Waals surface area contributed by atoms with Crippen molar-refractivity contribution in [2.24, 2.45) is 11.8 Å². The zero-order valence-corrected chi connectivity index (χ0v) is 11.6. The number of nitrogens with two attached hydrogens (primary N) is 1. The Morgan fingerprint density at radius 2 is 2.00 bits per heavy atom. The van der Waals surface area contributed by atoms with Crippen molar-refractivity contribution in [1.82, 2.24) is 5.43 Å². The molecule has 0 aromatic heterocycles. The largest absolute Gasteiger partial charge is 0.496 e. The first-order chi connectivity index (χ1) is 8.81. The molecule has 1 heterocycles. The van der Waals surface area contributed by atoms with Crippen LogP contribution in [0.1, 0.15) is 18.0 Å². The van der Waals surface area contributed by atoms with Gasteiger partial charge in [-0.1, -0.05) is 6.07 Å². The summed E-state index contributed by atoms with van der Waals surface area (Å²) in [6.45, 7) is 0. The van der Waals surface area contributed by atoms with E-state index in [-0.39, 0.29) is 6.04 Å². The second kappa shape index (κ2) is 6.31. The van der Waals surface area contributed by atoms with E-state index in [4.69, 9.17) is 15.3 Å². The van der Waals surface area contributed by atoms with Crippen molar-refractivity contribution in [3.63, 3.8) is 0 Å². The molecular formula is C13H20N2O2S. The number of thioether (sulfide) groups is 1. The Balaban J connectivity index is 2.38. The fourth-order valence-corrected chi connectivity index (χ4v) is 3.76. The van der Waals surface area contributed by atoms with E-state index in [0.29, 0.717) is 5.92 Å². The van der Waals surface area contributed by atoms with Crippen LogP contribution in [-0.4, -0.2) is 25.7 Å². The Hall–Kier alpha value is -0.910. The topological polar surface area (TPSA) is 56.5 Å². The number of hydrogen-bond donors (Lipinski definition) is 2. The molecule has 3 N–H and O–H groups in total. The van der Waals surface area contributed by atoms with Crippen LogP contribution in [0.2, 0.25) is 0 Å². The Kier molecular flexibility index (Phi) is 4.74. The van der Waals surface area contributed by atoms with Gasteiger partial charge >= 0.3 is 0 Å².